The zero-order chi connectivity index (χ0) is 24.7. The SMILES string of the molecule is O=C([C@@H]1Cc2ccccc2N1C(=O)CCN1CCC2(CCc3ccccc32)CC1)N1CCC(O)CC1. The number of aliphatic hydroxyl groups excluding tert-OH is 1. The van der Waals surface area contributed by atoms with E-state index in [0.29, 0.717) is 44.2 Å². The van der Waals surface area contributed by atoms with Crippen LogP contribution in [0.15, 0.2) is 48.5 Å². The molecule has 1 N–H and O–H groups in total. The molecular weight excluding hydrogens is 450 g/mol. The molecule has 2 aromatic carbocycles. The summed E-state index contributed by atoms with van der Waals surface area (Å²) in [6, 6.07) is 16.4. The number of piperidine rings is 2. The molecule has 6 rings (SSSR count). The fourth-order valence-electron chi connectivity index (χ4n) is 7.05. The number of aliphatic hydroxyl groups is 1. The molecule has 2 fully saturated rings. The van der Waals surface area contributed by atoms with E-state index in [2.05, 4.69) is 29.2 Å². The van der Waals surface area contributed by atoms with Crippen LogP contribution < -0.4 is 4.90 Å². The van der Waals surface area contributed by atoms with Gasteiger partial charge in [0, 0.05) is 38.2 Å². The van der Waals surface area contributed by atoms with Gasteiger partial charge in [0.15, 0.2) is 0 Å². The van der Waals surface area contributed by atoms with Crippen molar-refractivity contribution in [1.82, 2.24) is 9.80 Å². The highest BCUT2D eigenvalue weighted by Crippen LogP contribution is 2.46. The van der Waals surface area contributed by atoms with Gasteiger partial charge in [-0.2, -0.15) is 0 Å². The van der Waals surface area contributed by atoms with E-state index in [1.54, 1.807) is 10.5 Å². The molecule has 6 heteroatoms. The average molecular weight is 488 g/mol. The Morgan fingerprint density at radius 1 is 0.889 bits per heavy atom. The standard InChI is InChI=1S/C30H37N3O3/c34-24-10-17-32(18-11-24)29(36)27-21-23-6-2-4-8-26(23)33(27)28(35)12-16-31-19-14-30(15-20-31)13-9-22-5-1-3-7-25(22)30/h1-8,24,27,34H,9-21H2/t27-/m0/s1. The van der Waals surface area contributed by atoms with E-state index in [1.807, 2.05) is 29.2 Å². The van der Waals surface area contributed by atoms with Gasteiger partial charge in [-0.15, -0.1) is 0 Å². The second-order valence-corrected chi connectivity index (χ2v) is 11.2. The van der Waals surface area contributed by atoms with Crippen LogP contribution in [0.5, 0.6) is 0 Å². The van der Waals surface area contributed by atoms with Gasteiger partial charge < -0.3 is 14.9 Å². The molecule has 2 aromatic rings. The molecule has 3 heterocycles. The highest BCUT2D eigenvalue weighted by Gasteiger charge is 2.42. The highest BCUT2D eigenvalue weighted by atomic mass is 16.3. The fourth-order valence-corrected chi connectivity index (χ4v) is 7.05. The Morgan fingerprint density at radius 2 is 1.58 bits per heavy atom. The van der Waals surface area contributed by atoms with Gasteiger partial charge in [0.2, 0.25) is 11.8 Å². The number of nitrogens with zero attached hydrogens (tertiary/aromatic N) is 3. The minimum atomic E-state index is -0.468. The number of fused-ring (bicyclic) bond motifs is 3. The second kappa shape index (κ2) is 9.64. The Bertz CT molecular complexity index is 1130. The van der Waals surface area contributed by atoms with Gasteiger partial charge >= 0.3 is 0 Å². The molecule has 2 amide bonds. The van der Waals surface area contributed by atoms with Gasteiger partial charge in [-0.1, -0.05) is 42.5 Å². The van der Waals surface area contributed by atoms with E-state index in [4.69, 9.17) is 0 Å². The number of anilines is 1. The quantitative estimate of drug-likeness (QED) is 0.719. The molecular formula is C30H37N3O3. The lowest BCUT2D eigenvalue weighted by Crippen LogP contribution is -2.52. The first-order valence-electron chi connectivity index (χ1n) is 13.7. The van der Waals surface area contributed by atoms with Crippen LogP contribution in [-0.2, 0) is 27.8 Å². The molecule has 2 saturated heterocycles. The summed E-state index contributed by atoms with van der Waals surface area (Å²) in [5.74, 6) is 0.0631. The maximum Gasteiger partial charge on any atom is 0.246 e. The van der Waals surface area contributed by atoms with Crippen LogP contribution in [0.1, 0.15) is 55.2 Å². The van der Waals surface area contributed by atoms with Crippen molar-refractivity contribution in [3.05, 3.63) is 65.2 Å². The number of rotatable bonds is 4. The number of likely N-dealkylation sites (tertiary alicyclic amines) is 2. The zero-order valence-electron chi connectivity index (χ0n) is 21.1. The topological polar surface area (TPSA) is 64.1 Å². The van der Waals surface area contributed by atoms with Crippen molar-refractivity contribution in [1.29, 1.82) is 0 Å². The number of carbonyl (C=O) groups excluding carboxylic acids is 2. The van der Waals surface area contributed by atoms with Crippen LogP contribution in [0.25, 0.3) is 0 Å². The van der Waals surface area contributed by atoms with Crippen LogP contribution in [0.2, 0.25) is 0 Å². The first-order chi connectivity index (χ1) is 17.5. The summed E-state index contributed by atoms with van der Waals surface area (Å²) >= 11 is 0. The van der Waals surface area contributed by atoms with Crippen LogP contribution in [0.4, 0.5) is 5.69 Å². The van der Waals surface area contributed by atoms with Crippen LogP contribution >= 0.6 is 0 Å². The van der Waals surface area contributed by atoms with Gasteiger partial charge in [0.25, 0.3) is 0 Å². The number of para-hydroxylation sites is 1. The lowest BCUT2D eigenvalue weighted by Gasteiger charge is -2.40. The summed E-state index contributed by atoms with van der Waals surface area (Å²) < 4.78 is 0. The van der Waals surface area contributed by atoms with Crippen LogP contribution in [0.3, 0.4) is 0 Å². The fraction of sp³-hybridized carbons (Fsp3) is 0.533. The van der Waals surface area contributed by atoms with E-state index in [1.165, 1.54) is 18.4 Å². The first-order valence-corrected chi connectivity index (χ1v) is 13.7. The highest BCUT2D eigenvalue weighted by molar-refractivity contribution is 6.03. The summed E-state index contributed by atoms with van der Waals surface area (Å²) in [5, 5.41) is 9.86. The third-order valence-electron chi connectivity index (χ3n) is 9.22. The van der Waals surface area contributed by atoms with Crippen molar-refractivity contribution in [3.63, 3.8) is 0 Å². The Balaban J connectivity index is 1.10. The van der Waals surface area contributed by atoms with Gasteiger partial charge in [0.05, 0.1) is 6.10 Å². The Hall–Kier alpha value is -2.70. The minimum Gasteiger partial charge on any atom is -0.393 e. The molecule has 0 bridgehead atoms. The van der Waals surface area contributed by atoms with Crippen LogP contribution in [-0.4, -0.2) is 71.6 Å². The van der Waals surface area contributed by atoms with E-state index >= 15 is 0 Å². The summed E-state index contributed by atoms with van der Waals surface area (Å²) in [4.78, 5) is 33.1. The van der Waals surface area contributed by atoms with Gasteiger partial charge in [-0.05, 0) is 79.8 Å². The minimum absolute atomic E-state index is 0.0197. The molecule has 0 radical (unpaired) electrons. The molecule has 0 unspecified atom stereocenters. The van der Waals surface area contributed by atoms with Gasteiger partial charge in [0.1, 0.15) is 6.04 Å². The van der Waals surface area contributed by atoms with Crippen molar-refractivity contribution < 1.29 is 14.7 Å². The van der Waals surface area contributed by atoms with Gasteiger partial charge in [-0.3, -0.25) is 14.5 Å². The molecule has 0 aromatic heterocycles. The summed E-state index contributed by atoms with van der Waals surface area (Å²) in [6.45, 7) is 3.92. The number of aryl methyl sites for hydroxylation is 1. The summed E-state index contributed by atoms with van der Waals surface area (Å²) in [6.07, 6.45) is 6.66. The molecule has 1 atom stereocenters. The van der Waals surface area contributed by atoms with Gasteiger partial charge in [-0.25, -0.2) is 0 Å². The Labute approximate surface area is 213 Å². The summed E-state index contributed by atoms with van der Waals surface area (Å²) in [5.41, 5.74) is 5.36. The number of carbonyl (C=O) groups is 2. The Morgan fingerprint density at radius 3 is 2.36 bits per heavy atom. The predicted octanol–water partition coefficient (Wildman–Crippen LogP) is 3.30. The summed E-state index contributed by atoms with van der Waals surface area (Å²) in [7, 11) is 0. The zero-order valence-corrected chi connectivity index (χ0v) is 21.1. The largest absolute Gasteiger partial charge is 0.393 e. The molecule has 190 valence electrons. The normalized spacial score (nSPS) is 23.6. The van der Waals surface area contributed by atoms with Crippen molar-refractivity contribution in [3.8, 4) is 0 Å². The maximum absolute atomic E-state index is 13.6. The van der Waals surface area contributed by atoms with E-state index in [-0.39, 0.29) is 17.9 Å². The number of benzene rings is 2. The van der Waals surface area contributed by atoms with Crippen molar-refractivity contribution in [2.24, 2.45) is 0 Å². The first kappa shape index (κ1) is 23.7. The average Bonchev–Trinajstić information content (AvgIpc) is 3.48. The predicted molar refractivity (Wildman–Crippen MR) is 140 cm³/mol. The third-order valence-corrected chi connectivity index (χ3v) is 9.22. The molecule has 36 heavy (non-hydrogen) atoms. The monoisotopic (exact) mass is 487 g/mol. The van der Waals surface area contributed by atoms with E-state index < -0.39 is 6.04 Å². The molecule has 1 aliphatic carbocycles. The molecule has 0 saturated carbocycles. The van der Waals surface area contributed by atoms with Crippen molar-refractivity contribution in [2.75, 3.05) is 37.6 Å². The number of hydrogen-bond donors (Lipinski definition) is 1. The third kappa shape index (κ3) is 4.24. The number of hydrogen-bond acceptors (Lipinski definition) is 4. The van der Waals surface area contributed by atoms with Crippen LogP contribution in [0, 0.1) is 0 Å². The number of amides is 2. The van der Waals surface area contributed by atoms with E-state index in [0.717, 1.165) is 43.7 Å². The maximum atomic E-state index is 13.6. The lowest BCUT2D eigenvalue weighted by atomic mass is 9.74. The van der Waals surface area contributed by atoms with E-state index in [9.17, 15) is 14.7 Å². The van der Waals surface area contributed by atoms with Crippen molar-refractivity contribution >= 4 is 17.5 Å². The Kier molecular flexibility index (Phi) is 6.34. The second-order valence-electron chi connectivity index (χ2n) is 11.2. The molecule has 3 aliphatic heterocycles. The lowest BCUT2D eigenvalue weighted by molar-refractivity contribution is -0.136. The molecule has 1 spiro atoms. The molecule has 6 nitrogen and oxygen atoms in total. The van der Waals surface area contributed by atoms with Crippen molar-refractivity contribution in [2.45, 2.75) is 68.9 Å². The molecule has 4 aliphatic rings. The smallest absolute Gasteiger partial charge is 0.246 e.